The van der Waals surface area contributed by atoms with E-state index in [-0.39, 0.29) is 5.41 Å². The monoisotopic (exact) mass is 382 g/mol. The van der Waals surface area contributed by atoms with E-state index >= 15 is 0 Å². The lowest BCUT2D eigenvalue weighted by atomic mass is 9.49. The topological polar surface area (TPSA) is 90.1 Å². The zero-order valence-electron chi connectivity index (χ0n) is 16.3. The minimum absolute atomic E-state index is 0.0783. The second kappa shape index (κ2) is 6.12. The average molecular weight is 382 g/mol. The summed E-state index contributed by atoms with van der Waals surface area (Å²) >= 11 is 0. The Balaban J connectivity index is 1.35. The minimum atomic E-state index is 0.0783. The number of hydrogen-bond acceptors (Lipinski definition) is 8. The van der Waals surface area contributed by atoms with Gasteiger partial charge in [-0.1, -0.05) is 5.16 Å². The van der Waals surface area contributed by atoms with Crippen LogP contribution in [-0.2, 0) is 5.41 Å². The van der Waals surface area contributed by atoms with Gasteiger partial charge in [-0.15, -0.1) is 0 Å². The van der Waals surface area contributed by atoms with Crippen LogP contribution < -0.4 is 9.64 Å². The summed E-state index contributed by atoms with van der Waals surface area (Å²) in [5.41, 5.74) is 0.0783. The molecule has 148 valence electrons. The Morgan fingerprint density at radius 1 is 0.893 bits per heavy atom. The van der Waals surface area contributed by atoms with E-state index in [0.29, 0.717) is 23.6 Å². The van der Waals surface area contributed by atoms with E-state index in [4.69, 9.17) is 14.2 Å². The van der Waals surface area contributed by atoms with Crippen LogP contribution in [0.2, 0.25) is 0 Å². The van der Waals surface area contributed by atoms with E-state index in [1.54, 1.807) is 7.11 Å². The van der Waals surface area contributed by atoms with Crippen molar-refractivity contribution < 1.29 is 9.26 Å². The first-order valence-corrected chi connectivity index (χ1v) is 10.6. The highest BCUT2D eigenvalue weighted by atomic mass is 16.5. The van der Waals surface area contributed by atoms with Gasteiger partial charge >= 0.3 is 6.01 Å². The predicted molar refractivity (Wildman–Crippen MR) is 101 cm³/mol. The highest BCUT2D eigenvalue weighted by Crippen LogP contribution is 2.60. The van der Waals surface area contributed by atoms with Crippen molar-refractivity contribution in [3.8, 4) is 17.7 Å². The third-order valence-electron chi connectivity index (χ3n) is 7.29. The van der Waals surface area contributed by atoms with Gasteiger partial charge in [0.05, 0.1) is 12.5 Å². The molecule has 8 nitrogen and oxygen atoms in total. The second-order valence-electron chi connectivity index (χ2n) is 9.26. The summed E-state index contributed by atoms with van der Waals surface area (Å²) in [5.74, 6) is 4.83. The van der Waals surface area contributed by atoms with Crippen LogP contribution in [0.15, 0.2) is 4.52 Å². The van der Waals surface area contributed by atoms with Gasteiger partial charge in [0, 0.05) is 13.1 Å². The van der Waals surface area contributed by atoms with Gasteiger partial charge in [-0.2, -0.15) is 19.9 Å². The molecule has 5 fully saturated rings. The lowest BCUT2D eigenvalue weighted by Crippen LogP contribution is -2.48. The van der Waals surface area contributed by atoms with Gasteiger partial charge in [-0.3, -0.25) is 0 Å². The molecule has 0 N–H and O–H groups in total. The van der Waals surface area contributed by atoms with Gasteiger partial charge in [0.15, 0.2) is 0 Å². The molecule has 7 rings (SSSR count). The molecule has 0 atom stereocenters. The van der Waals surface area contributed by atoms with Crippen molar-refractivity contribution in [2.75, 3.05) is 25.1 Å². The van der Waals surface area contributed by atoms with Crippen molar-refractivity contribution in [3.05, 3.63) is 5.89 Å². The number of nitrogens with zero attached hydrogens (tertiary/aromatic N) is 6. The van der Waals surface area contributed by atoms with Crippen molar-refractivity contribution in [1.29, 1.82) is 0 Å². The smallest absolute Gasteiger partial charge is 0.321 e. The van der Waals surface area contributed by atoms with Gasteiger partial charge in [-0.25, -0.2) is 0 Å². The van der Waals surface area contributed by atoms with Crippen molar-refractivity contribution in [2.45, 2.75) is 56.8 Å². The van der Waals surface area contributed by atoms with Gasteiger partial charge in [0.2, 0.25) is 23.5 Å². The van der Waals surface area contributed by atoms with Crippen molar-refractivity contribution in [1.82, 2.24) is 25.1 Å². The Kier molecular flexibility index (Phi) is 3.65. The molecule has 3 heterocycles. The SMILES string of the molecule is COc1nc(-c2noc(C34CC5CC(CC(C5)C3)C4)n2)nc(N2CCCC2)n1. The Bertz CT molecular complexity index is 855. The molecule has 0 aromatic carbocycles. The minimum Gasteiger partial charge on any atom is -0.467 e. The first kappa shape index (κ1) is 16.7. The molecule has 28 heavy (non-hydrogen) atoms. The first-order valence-electron chi connectivity index (χ1n) is 10.6. The van der Waals surface area contributed by atoms with E-state index in [2.05, 4.69) is 25.0 Å². The number of anilines is 1. The molecule has 5 aliphatic rings. The van der Waals surface area contributed by atoms with E-state index in [1.165, 1.54) is 38.5 Å². The summed E-state index contributed by atoms with van der Waals surface area (Å²) in [6, 6.07) is 0.299. The molecule has 1 aliphatic heterocycles. The van der Waals surface area contributed by atoms with Crippen LogP contribution in [0.25, 0.3) is 11.6 Å². The van der Waals surface area contributed by atoms with Crippen molar-refractivity contribution >= 4 is 5.95 Å². The van der Waals surface area contributed by atoms with Crippen LogP contribution in [0.3, 0.4) is 0 Å². The molecule has 0 radical (unpaired) electrons. The fourth-order valence-electron chi connectivity index (χ4n) is 6.50. The van der Waals surface area contributed by atoms with Gasteiger partial charge in [0.25, 0.3) is 0 Å². The normalized spacial score (nSPS) is 33.6. The van der Waals surface area contributed by atoms with Crippen LogP contribution in [-0.4, -0.2) is 45.3 Å². The Labute approximate surface area is 164 Å². The third-order valence-corrected chi connectivity index (χ3v) is 7.29. The van der Waals surface area contributed by atoms with Crippen LogP contribution >= 0.6 is 0 Å². The lowest BCUT2D eigenvalue weighted by molar-refractivity contribution is -0.0201. The van der Waals surface area contributed by atoms with E-state index in [9.17, 15) is 0 Å². The molecule has 4 bridgehead atoms. The van der Waals surface area contributed by atoms with E-state index in [1.807, 2.05) is 0 Å². The Morgan fingerprint density at radius 3 is 2.21 bits per heavy atom. The molecule has 4 aliphatic carbocycles. The maximum absolute atomic E-state index is 5.83. The lowest BCUT2D eigenvalue weighted by Gasteiger charge is -2.55. The fraction of sp³-hybridized carbons (Fsp3) is 0.750. The molecule has 1 saturated heterocycles. The highest BCUT2D eigenvalue weighted by molar-refractivity contribution is 5.47. The molecule has 2 aromatic heterocycles. The molecule has 2 aromatic rings. The zero-order valence-corrected chi connectivity index (χ0v) is 16.3. The van der Waals surface area contributed by atoms with Crippen LogP contribution in [0.4, 0.5) is 5.95 Å². The summed E-state index contributed by atoms with van der Waals surface area (Å²) in [7, 11) is 1.57. The van der Waals surface area contributed by atoms with Gasteiger partial charge in [-0.05, 0) is 69.1 Å². The molecular formula is C20H26N6O2. The van der Waals surface area contributed by atoms with E-state index in [0.717, 1.165) is 49.6 Å². The van der Waals surface area contributed by atoms with Crippen molar-refractivity contribution in [3.63, 3.8) is 0 Å². The third kappa shape index (κ3) is 2.60. The molecule has 0 spiro atoms. The van der Waals surface area contributed by atoms with Gasteiger partial charge < -0.3 is 14.2 Å². The maximum atomic E-state index is 5.83. The summed E-state index contributed by atoms with van der Waals surface area (Å²) < 4.78 is 11.1. The Hall–Kier alpha value is -2.25. The average Bonchev–Trinajstić information content (AvgIpc) is 3.39. The van der Waals surface area contributed by atoms with Crippen LogP contribution in [0.1, 0.15) is 57.3 Å². The largest absolute Gasteiger partial charge is 0.467 e. The molecular weight excluding hydrogens is 356 g/mol. The molecule has 0 amide bonds. The van der Waals surface area contributed by atoms with Crippen LogP contribution in [0, 0.1) is 17.8 Å². The van der Waals surface area contributed by atoms with Gasteiger partial charge in [0.1, 0.15) is 0 Å². The summed E-state index contributed by atoms with van der Waals surface area (Å²) in [5, 5.41) is 4.27. The molecule has 8 heteroatoms. The summed E-state index contributed by atoms with van der Waals surface area (Å²) in [6.07, 6.45) is 10.1. The number of ether oxygens (including phenoxy) is 1. The second-order valence-corrected chi connectivity index (χ2v) is 9.26. The quantitative estimate of drug-likeness (QED) is 0.797. The number of aromatic nitrogens is 5. The molecule has 0 unspecified atom stereocenters. The summed E-state index contributed by atoms with van der Waals surface area (Å²) in [4.78, 5) is 20.4. The maximum Gasteiger partial charge on any atom is 0.321 e. The summed E-state index contributed by atoms with van der Waals surface area (Å²) in [6.45, 7) is 1.91. The number of methoxy groups -OCH3 is 1. The predicted octanol–water partition coefficient (Wildman–Crippen LogP) is 3.00. The molecule has 4 saturated carbocycles. The number of rotatable bonds is 4. The fourth-order valence-corrected chi connectivity index (χ4v) is 6.50. The van der Waals surface area contributed by atoms with E-state index < -0.39 is 0 Å². The zero-order chi connectivity index (χ0) is 18.7. The van der Waals surface area contributed by atoms with Crippen LogP contribution in [0.5, 0.6) is 6.01 Å². The highest BCUT2D eigenvalue weighted by Gasteiger charge is 2.54. The standard InChI is InChI=1S/C20H26N6O2/c1-27-19-23-15(22-18(24-19)26-4-2-3-5-26)16-21-17(28-25-16)20-9-12-6-13(10-20)8-14(7-12)11-20/h12-14H,2-11H2,1H3. The Morgan fingerprint density at radius 2 is 1.57 bits per heavy atom. The number of hydrogen-bond donors (Lipinski definition) is 0. The van der Waals surface area contributed by atoms with Crippen molar-refractivity contribution in [2.24, 2.45) is 17.8 Å². The first-order chi connectivity index (χ1) is 13.7.